The average molecular weight is 240 g/mol. The Kier molecular flexibility index (Phi) is 5.26. The second kappa shape index (κ2) is 6.72. The number of nitrogens with one attached hydrogen (secondary N) is 1. The molecule has 3 nitrogen and oxygen atoms in total. The number of nitrogens with zero attached hydrogens (tertiary/aromatic N) is 1. The van der Waals surface area contributed by atoms with Gasteiger partial charge in [-0.25, -0.2) is 0 Å². The van der Waals surface area contributed by atoms with Gasteiger partial charge in [0.15, 0.2) is 0 Å². The summed E-state index contributed by atoms with van der Waals surface area (Å²) >= 11 is 0. The summed E-state index contributed by atoms with van der Waals surface area (Å²) in [5, 5.41) is 3.64. The predicted molar refractivity (Wildman–Crippen MR) is 71.2 cm³/mol. The van der Waals surface area contributed by atoms with Gasteiger partial charge in [-0.2, -0.15) is 0 Å². The normalized spacial score (nSPS) is 31.2. The van der Waals surface area contributed by atoms with E-state index in [2.05, 4.69) is 24.1 Å². The molecule has 0 aromatic carbocycles. The minimum Gasteiger partial charge on any atom is -0.381 e. The second-order valence-electron chi connectivity index (χ2n) is 6.10. The van der Waals surface area contributed by atoms with E-state index >= 15 is 0 Å². The van der Waals surface area contributed by atoms with Gasteiger partial charge >= 0.3 is 0 Å². The molecule has 2 unspecified atom stereocenters. The zero-order valence-electron chi connectivity index (χ0n) is 11.5. The van der Waals surface area contributed by atoms with Gasteiger partial charge in [0.25, 0.3) is 0 Å². The molecule has 0 radical (unpaired) electrons. The molecule has 2 aliphatic heterocycles. The molecule has 17 heavy (non-hydrogen) atoms. The van der Waals surface area contributed by atoms with E-state index < -0.39 is 0 Å². The molecule has 0 saturated carbocycles. The highest BCUT2D eigenvalue weighted by Crippen LogP contribution is 2.17. The van der Waals surface area contributed by atoms with Crippen LogP contribution in [0.4, 0.5) is 0 Å². The highest BCUT2D eigenvalue weighted by Gasteiger charge is 2.22. The summed E-state index contributed by atoms with van der Waals surface area (Å²) in [5.41, 5.74) is 0. The Morgan fingerprint density at radius 3 is 3.00 bits per heavy atom. The Morgan fingerprint density at radius 2 is 2.29 bits per heavy atom. The number of piperazine rings is 1. The van der Waals surface area contributed by atoms with Crippen molar-refractivity contribution in [3.63, 3.8) is 0 Å². The van der Waals surface area contributed by atoms with Crippen LogP contribution < -0.4 is 5.32 Å². The van der Waals surface area contributed by atoms with Gasteiger partial charge in [-0.1, -0.05) is 13.8 Å². The third-order valence-electron chi connectivity index (χ3n) is 3.97. The lowest BCUT2D eigenvalue weighted by Gasteiger charge is -2.35. The van der Waals surface area contributed by atoms with E-state index in [1.165, 1.54) is 45.4 Å². The number of ether oxygens (including phenoxy) is 1. The van der Waals surface area contributed by atoms with Crippen molar-refractivity contribution in [2.75, 3.05) is 39.4 Å². The van der Waals surface area contributed by atoms with E-state index in [1.807, 2.05) is 0 Å². The summed E-state index contributed by atoms with van der Waals surface area (Å²) in [6.45, 7) is 11.5. The van der Waals surface area contributed by atoms with Crippen LogP contribution in [0, 0.1) is 11.8 Å². The van der Waals surface area contributed by atoms with Crippen molar-refractivity contribution in [2.24, 2.45) is 11.8 Å². The Labute approximate surface area is 106 Å². The number of hydrogen-bond donors (Lipinski definition) is 1. The molecule has 2 rings (SSSR count). The average Bonchev–Trinajstić information content (AvgIpc) is 2.79. The molecule has 3 heteroatoms. The first-order chi connectivity index (χ1) is 8.24. The molecule has 1 N–H and O–H groups in total. The van der Waals surface area contributed by atoms with E-state index in [1.54, 1.807) is 0 Å². The maximum Gasteiger partial charge on any atom is 0.0495 e. The van der Waals surface area contributed by atoms with Gasteiger partial charge in [0, 0.05) is 38.9 Å². The van der Waals surface area contributed by atoms with Crippen molar-refractivity contribution in [2.45, 2.75) is 39.2 Å². The minimum atomic E-state index is 0.712. The molecule has 0 aromatic heterocycles. The summed E-state index contributed by atoms with van der Waals surface area (Å²) in [7, 11) is 0. The highest BCUT2D eigenvalue weighted by atomic mass is 16.5. The fourth-order valence-electron chi connectivity index (χ4n) is 3.00. The second-order valence-corrected chi connectivity index (χ2v) is 6.10. The van der Waals surface area contributed by atoms with Crippen molar-refractivity contribution in [1.29, 1.82) is 0 Å². The number of hydrogen-bond acceptors (Lipinski definition) is 3. The van der Waals surface area contributed by atoms with Crippen LogP contribution in [0.1, 0.15) is 33.1 Å². The van der Waals surface area contributed by atoms with E-state index in [9.17, 15) is 0 Å². The van der Waals surface area contributed by atoms with Crippen molar-refractivity contribution >= 4 is 0 Å². The molecule has 0 bridgehead atoms. The van der Waals surface area contributed by atoms with E-state index in [-0.39, 0.29) is 0 Å². The van der Waals surface area contributed by atoms with Crippen molar-refractivity contribution in [1.82, 2.24) is 10.2 Å². The predicted octanol–water partition coefficient (Wildman–Crippen LogP) is 1.73. The first kappa shape index (κ1) is 13.3. The Hall–Kier alpha value is -0.120. The third-order valence-corrected chi connectivity index (χ3v) is 3.97. The van der Waals surface area contributed by atoms with E-state index in [0.29, 0.717) is 6.04 Å². The van der Waals surface area contributed by atoms with Crippen molar-refractivity contribution < 1.29 is 4.74 Å². The molecule has 0 amide bonds. The standard InChI is InChI=1S/C14H28N2O/c1-12(2)9-14-10-16(7-5-15-14)6-3-13-4-8-17-11-13/h12-15H,3-11H2,1-2H3. The molecule has 2 aliphatic rings. The van der Waals surface area contributed by atoms with E-state index in [4.69, 9.17) is 4.74 Å². The van der Waals surface area contributed by atoms with Crippen LogP contribution in [-0.4, -0.2) is 50.3 Å². The topological polar surface area (TPSA) is 24.5 Å². The third kappa shape index (κ3) is 4.57. The zero-order chi connectivity index (χ0) is 12.1. The summed E-state index contributed by atoms with van der Waals surface area (Å²) in [4.78, 5) is 2.64. The fraction of sp³-hybridized carbons (Fsp3) is 1.00. The summed E-state index contributed by atoms with van der Waals surface area (Å²) in [5.74, 6) is 1.63. The lowest BCUT2D eigenvalue weighted by Crippen LogP contribution is -2.51. The Balaban J connectivity index is 1.65. The SMILES string of the molecule is CC(C)CC1CN(CCC2CCOC2)CCN1. The molecule has 2 fully saturated rings. The highest BCUT2D eigenvalue weighted by molar-refractivity contribution is 4.80. The molecule has 2 saturated heterocycles. The summed E-state index contributed by atoms with van der Waals surface area (Å²) in [6, 6.07) is 0.712. The molecule has 100 valence electrons. The van der Waals surface area contributed by atoms with Crippen LogP contribution in [0.2, 0.25) is 0 Å². The van der Waals surface area contributed by atoms with Crippen molar-refractivity contribution in [3.05, 3.63) is 0 Å². The summed E-state index contributed by atoms with van der Waals surface area (Å²) in [6.07, 6.45) is 3.92. The molecule has 2 atom stereocenters. The molecule has 0 spiro atoms. The molecular weight excluding hydrogens is 212 g/mol. The lowest BCUT2D eigenvalue weighted by atomic mass is 10.0. The van der Waals surface area contributed by atoms with Crippen LogP contribution in [0.15, 0.2) is 0 Å². The van der Waals surface area contributed by atoms with Gasteiger partial charge in [0.2, 0.25) is 0 Å². The van der Waals surface area contributed by atoms with Gasteiger partial charge < -0.3 is 15.0 Å². The van der Waals surface area contributed by atoms with Crippen LogP contribution in [0.25, 0.3) is 0 Å². The lowest BCUT2D eigenvalue weighted by molar-refractivity contribution is 0.161. The molecule has 0 aromatic rings. The van der Waals surface area contributed by atoms with Gasteiger partial charge in [0.1, 0.15) is 0 Å². The van der Waals surface area contributed by atoms with Gasteiger partial charge in [0.05, 0.1) is 0 Å². The van der Waals surface area contributed by atoms with Crippen LogP contribution in [0.5, 0.6) is 0 Å². The largest absolute Gasteiger partial charge is 0.381 e. The summed E-state index contributed by atoms with van der Waals surface area (Å²) < 4.78 is 5.44. The molecule has 2 heterocycles. The van der Waals surface area contributed by atoms with Crippen LogP contribution in [0.3, 0.4) is 0 Å². The molecule has 0 aliphatic carbocycles. The van der Waals surface area contributed by atoms with E-state index in [0.717, 1.165) is 25.0 Å². The Bertz CT molecular complexity index is 214. The van der Waals surface area contributed by atoms with Gasteiger partial charge in [-0.15, -0.1) is 0 Å². The Morgan fingerprint density at radius 1 is 1.41 bits per heavy atom. The monoisotopic (exact) mass is 240 g/mol. The van der Waals surface area contributed by atoms with Crippen molar-refractivity contribution in [3.8, 4) is 0 Å². The first-order valence-electron chi connectivity index (χ1n) is 7.27. The quantitative estimate of drug-likeness (QED) is 0.792. The number of rotatable bonds is 5. The zero-order valence-corrected chi connectivity index (χ0v) is 11.5. The van der Waals surface area contributed by atoms with Gasteiger partial charge in [-0.05, 0) is 37.6 Å². The maximum absolute atomic E-state index is 5.44. The smallest absolute Gasteiger partial charge is 0.0495 e. The first-order valence-corrected chi connectivity index (χ1v) is 7.27. The fourth-order valence-corrected chi connectivity index (χ4v) is 3.00. The van der Waals surface area contributed by atoms with Gasteiger partial charge in [-0.3, -0.25) is 0 Å². The van der Waals surface area contributed by atoms with Crippen LogP contribution >= 0.6 is 0 Å². The minimum absolute atomic E-state index is 0.712. The molecular formula is C14H28N2O. The maximum atomic E-state index is 5.44. The van der Waals surface area contributed by atoms with Crippen LogP contribution in [-0.2, 0) is 4.74 Å².